The van der Waals surface area contributed by atoms with Gasteiger partial charge in [-0.2, -0.15) is 0 Å². The van der Waals surface area contributed by atoms with Crippen LogP contribution in [0.2, 0.25) is 0 Å². The van der Waals surface area contributed by atoms with Crippen LogP contribution < -0.4 is 16.4 Å². The Hall–Kier alpha value is -2.41. The molecule has 0 saturated heterocycles. The van der Waals surface area contributed by atoms with Gasteiger partial charge in [-0.05, 0) is 68.4 Å². The molecule has 4 bridgehead atoms. The van der Waals surface area contributed by atoms with Crippen LogP contribution in [0.4, 0.5) is 15.8 Å². The van der Waals surface area contributed by atoms with E-state index in [1.807, 2.05) is 30.3 Å². The third-order valence-corrected chi connectivity index (χ3v) is 7.52. The fourth-order valence-electron chi connectivity index (χ4n) is 5.89. The number of para-hydroxylation sites is 1. The van der Waals surface area contributed by atoms with Crippen molar-refractivity contribution in [3.8, 4) is 0 Å². The van der Waals surface area contributed by atoms with Crippen molar-refractivity contribution in [3.63, 3.8) is 0 Å². The molecule has 28 heavy (non-hydrogen) atoms. The molecule has 4 saturated carbocycles. The number of nitrogens with one attached hydrogen (secondary N) is 2. The van der Waals surface area contributed by atoms with E-state index in [9.17, 15) is 9.59 Å². The molecule has 146 valence electrons. The Labute approximate surface area is 167 Å². The number of benzene rings is 1. The highest BCUT2D eigenvalue weighted by atomic mass is 32.1. The molecule has 1 aromatic heterocycles. The van der Waals surface area contributed by atoms with Gasteiger partial charge in [-0.3, -0.25) is 9.59 Å². The molecule has 4 aliphatic carbocycles. The van der Waals surface area contributed by atoms with E-state index in [1.54, 1.807) is 0 Å². The second-order valence-corrected chi connectivity index (χ2v) is 9.70. The third kappa shape index (κ3) is 3.07. The van der Waals surface area contributed by atoms with Gasteiger partial charge in [-0.1, -0.05) is 29.5 Å². The second-order valence-electron chi connectivity index (χ2n) is 8.70. The minimum Gasteiger partial charge on any atom is -0.364 e. The molecule has 1 heterocycles. The van der Waals surface area contributed by atoms with E-state index >= 15 is 0 Å². The van der Waals surface area contributed by atoms with Gasteiger partial charge in [0.05, 0.1) is 5.41 Å². The number of carbonyl (C=O) groups is 2. The van der Waals surface area contributed by atoms with E-state index in [4.69, 9.17) is 5.73 Å². The average molecular weight is 397 g/mol. The third-order valence-electron chi connectivity index (χ3n) is 6.63. The Bertz CT molecular complexity index is 888. The number of hydrogen-bond acceptors (Lipinski definition) is 5. The second kappa shape index (κ2) is 6.58. The van der Waals surface area contributed by atoms with Gasteiger partial charge < -0.3 is 16.4 Å². The van der Waals surface area contributed by atoms with Gasteiger partial charge in [0.2, 0.25) is 5.91 Å². The fraction of sp³-hybridized carbons (Fsp3) is 0.476. The maximum atomic E-state index is 13.3. The number of carbonyl (C=O) groups excluding carboxylic acids is 2. The van der Waals surface area contributed by atoms with Crippen LogP contribution in [0.15, 0.2) is 30.3 Å². The van der Waals surface area contributed by atoms with Crippen molar-refractivity contribution in [3.05, 3.63) is 36.0 Å². The van der Waals surface area contributed by atoms with E-state index in [0.29, 0.717) is 27.9 Å². The first-order valence-electron chi connectivity index (χ1n) is 9.95. The van der Waals surface area contributed by atoms with E-state index in [1.165, 1.54) is 30.6 Å². The Morgan fingerprint density at radius 2 is 1.64 bits per heavy atom. The molecule has 0 spiro atoms. The van der Waals surface area contributed by atoms with Gasteiger partial charge in [0.1, 0.15) is 5.00 Å². The van der Waals surface area contributed by atoms with Crippen molar-refractivity contribution < 1.29 is 9.59 Å². The molecule has 1 aromatic carbocycles. The van der Waals surface area contributed by atoms with Crippen LogP contribution in [0.1, 0.15) is 49.0 Å². The zero-order valence-corrected chi connectivity index (χ0v) is 16.4. The quantitative estimate of drug-likeness (QED) is 0.707. The number of nitrogens with zero attached hydrogens (tertiary/aromatic N) is 1. The Morgan fingerprint density at radius 3 is 2.21 bits per heavy atom. The SMILES string of the molecule is NC(=O)c1nc(Nc2ccccc2)sc1NC(=O)C12CC3CC(CC(C3)C1)C2. The first kappa shape index (κ1) is 17.7. The van der Waals surface area contributed by atoms with Crippen molar-refractivity contribution in [1.29, 1.82) is 0 Å². The van der Waals surface area contributed by atoms with E-state index in [0.717, 1.165) is 24.9 Å². The molecular formula is C21H24N4O2S. The number of primary amides is 1. The normalized spacial score (nSPS) is 30.2. The summed E-state index contributed by atoms with van der Waals surface area (Å²) in [6.07, 6.45) is 6.78. The zero-order valence-electron chi connectivity index (χ0n) is 15.6. The van der Waals surface area contributed by atoms with E-state index < -0.39 is 5.91 Å². The minimum atomic E-state index is -0.627. The summed E-state index contributed by atoms with van der Waals surface area (Å²) in [4.78, 5) is 29.5. The molecule has 2 aromatic rings. The topological polar surface area (TPSA) is 97.1 Å². The molecule has 0 aliphatic heterocycles. The molecule has 2 amide bonds. The maximum Gasteiger partial charge on any atom is 0.270 e. The van der Waals surface area contributed by atoms with E-state index in [-0.39, 0.29) is 17.0 Å². The lowest BCUT2D eigenvalue weighted by atomic mass is 9.49. The highest BCUT2D eigenvalue weighted by molar-refractivity contribution is 7.20. The molecule has 7 heteroatoms. The summed E-state index contributed by atoms with van der Waals surface area (Å²) in [6, 6.07) is 9.60. The van der Waals surface area contributed by atoms with Gasteiger partial charge in [-0.25, -0.2) is 4.98 Å². The summed E-state index contributed by atoms with van der Waals surface area (Å²) in [7, 11) is 0. The van der Waals surface area contributed by atoms with Crippen molar-refractivity contribution >= 4 is 39.0 Å². The molecule has 4 fully saturated rings. The first-order valence-corrected chi connectivity index (χ1v) is 10.8. The van der Waals surface area contributed by atoms with Gasteiger partial charge in [0, 0.05) is 5.69 Å². The lowest BCUT2D eigenvalue weighted by molar-refractivity contribution is -0.140. The summed E-state index contributed by atoms with van der Waals surface area (Å²) in [5, 5.41) is 7.20. The fourth-order valence-corrected chi connectivity index (χ4v) is 6.78. The number of amides is 2. The van der Waals surface area contributed by atoms with Gasteiger partial charge in [0.25, 0.3) is 5.91 Å². The predicted octanol–water partition coefficient (Wildman–Crippen LogP) is 4.14. The number of thiazole rings is 1. The number of aromatic nitrogens is 1. The summed E-state index contributed by atoms with van der Waals surface area (Å²) in [5.74, 6) is 1.47. The van der Waals surface area contributed by atoms with Crippen LogP contribution in [0.3, 0.4) is 0 Å². The lowest BCUT2D eigenvalue weighted by Gasteiger charge is -2.55. The zero-order chi connectivity index (χ0) is 19.3. The summed E-state index contributed by atoms with van der Waals surface area (Å²) >= 11 is 1.26. The van der Waals surface area contributed by atoms with Crippen molar-refractivity contribution in [1.82, 2.24) is 4.98 Å². The standard InChI is InChI=1S/C21H24N4O2S/c22-17(26)16-18(28-20(24-16)23-15-4-2-1-3-5-15)25-19(27)21-9-12-6-13(10-21)8-14(7-12)11-21/h1-5,12-14H,6-11H2,(H2,22,26)(H,23,24)(H,25,27). The number of anilines is 3. The number of hydrogen-bond donors (Lipinski definition) is 3. The van der Waals surface area contributed by atoms with Crippen LogP contribution in [0.25, 0.3) is 0 Å². The highest BCUT2D eigenvalue weighted by Crippen LogP contribution is 2.60. The molecule has 4 N–H and O–H groups in total. The van der Waals surface area contributed by atoms with Crippen molar-refractivity contribution in [2.75, 3.05) is 10.6 Å². The predicted molar refractivity (Wildman–Crippen MR) is 110 cm³/mol. The minimum absolute atomic E-state index is 0.0454. The molecular weight excluding hydrogens is 372 g/mol. The highest BCUT2D eigenvalue weighted by Gasteiger charge is 2.54. The summed E-state index contributed by atoms with van der Waals surface area (Å²) in [6.45, 7) is 0. The number of rotatable bonds is 5. The Kier molecular flexibility index (Phi) is 4.16. The molecule has 6 rings (SSSR count). The van der Waals surface area contributed by atoms with Crippen molar-refractivity contribution in [2.45, 2.75) is 38.5 Å². The van der Waals surface area contributed by atoms with Gasteiger partial charge >= 0.3 is 0 Å². The monoisotopic (exact) mass is 396 g/mol. The van der Waals surface area contributed by atoms with Gasteiger partial charge in [0.15, 0.2) is 10.8 Å². The molecule has 0 atom stereocenters. The van der Waals surface area contributed by atoms with Crippen LogP contribution in [-0.2, 0) is 4.79 Å². The first-order chi connectivity index (χ1) is 13.5. The van der Waals surface area contributed by atoms with Crippen LogP contribution in [-0.4, -0.2) is 16.8 Å². The average Bonchev–Trinajstić information content (AvgIpc) is 3.04. The largest absolute Gasteiger partial charge is 0.364 e. The van der Waals surface area contributed by atoms with E-state index in [2.05, 4.69) is 15.6 Å². The lowest BCUT2D eigenvalue weighted by Crippen LogP contribution is -2.51. The molecule has 0 unspecified atom stereocenters. The van der Waals surface area contributed by atoms with Gasteiger partial charge in [-0.15, -0.1) is 0 Å². The van der Waals surface area contributed by atoms with Crippen LogP contribution >= 0.6 is 11.3 Å². The molecule has 0 radical (unpaired) electrons. The number of nitrogens with two attached hydrogens (primary N) is 1. The van der Waals surface area contributed by atoms with Crippen molar-refractivity contribution in [2.24, 2.45) is 28.9 Å². The summed E-state index contributed by atoms with van der Waals surface area (Å²) < 4.78 is 0. The smallest absolute Gasteiger partial charge is 0.270 e. The summed E-state index contributed by atoms with van der Waals surface area (Å²) in [5.41, 5.74) is 6.25. The van der Waals surface area contributed by atoms with Crippen LogP contribution in [0, 0.1) is 23.2 Å². The van der Waals surface area contributed by atoms with Crippen LogP contribution in [0.5, 0.6) is 0 Å². The Balaban J connectivity index is 1.38. The Morgan fingerprint density at radius 1 is 1.04 bits per heavy atom. The molecule has 4 aliphatic rings. The maximum absolute atomic E-state index is 13.3. The molecule has 6 nitrogen and oxygen atoms in total.